The fourth-order valence-corrected chi connectivity index (χ4v) is 1.69. The van der Waals surface area contributed by atoms with Crippen molar-refractivity contribution in [1.29, 1.82) is 0 Å². The van der Waals surface area contributed by atoms with Crippen LogP contribution in [0.5, 0.6) is 0 Å². The maximum Gasteiger partial charge on any atom is 0.307 e. The van der Waals surface area contributed by atoms with Crippen molar-refractivity contribution in [3.8, 4) is 0 Å². The summed E-state index contributed by atoms with van der Waals surface area (Å²) in [6.07, 6.45) is 1.56. The highest BCUT2D eigenvalue weighted by atomic mass is 35.5. The highest BCUT2D eigenvalue weighted by Gasteiger charge is 2.61. The van der Waals surface area contributed by atoms with Crippen molar-refractivity contribution in [3.63, 3.8) is 0 Å². The first kappa shape index (κ1) is 11.3. The molecule has 1 N–H and O–H groups in total. The molecule has 14 heavy (non-hydrogen) atoms. The Labute approximate surface area is 87.9 Å². The third-order valence-corrected chi connectivity index (χ3v) is 2.80. The first-order valence-corrected chi connectivity index (χ1v) is 4.99. The van der Waals surface area contributed by atoms with Crippen LogP contribution in [0.25, 0.3) is 0 Å². The van der Waals surface area contributed by atoms with Crippen LogP contribution in [0.4, 0.5) is 0 Å². The summed E-state index contributed by atoms with van der Waals surface area (Å²) < 4.78 is 0. The Balaban J connectivity index is 2.41. The largest absolute Gasteiger partial charge is 0.481 e. The number of rotatable bonds is 5. The summed E-state index contributed by atoms with van der Waals surface area (Å²) in [5, 5.41) is 12.5. The Morgan fingerprint density at radius 1 is 1.71 bits per heavy atom. The lowest BCUT2D eigenvalue weighted by Gasteiger charge is -1.96. The van der Waals surface area contributed by atoms with E-state index in [4.69, 9.17) is 21.5 Å². The van der Waals surface area contributed by atoms with Crippen LogP contribution >= 0.6 is 11.6 Å². The lowest BCUT2D eigenvalue weighted by molar-refractivity contribution is -0.139. The molecule has 0 aromatic rings. The van der Waals surface area contributed by atoms with Crippen LogP contribution in [-0.4, -0.2) is 29.8 Å². The zero-order valence-corrected chi connectivity index (χ0v) is 8.99. The number of oxime groups is 1. The van der Waals surface area contributed by atoms with Gasteiger partial charge in [0.15, 0.2) is 0 Å². The zero-order chi connectivity index (χ0) is 10.8. The van der Waals surface area contributed by atoms with Crippen molar-refractivity contribution >= 4 is 23.8 Å². The zero-order valence-electron chi connectivity index (χ0n) is 8.24. The molecule has 0 amide bonds. The van der Waals surface area contributed by atoms with Gasteiger partial charge in [-0.25, -0.2) is 0 Å². The molecule has 0 bridgehead atoms. The van der Waals surface area contributed by atoms with Gasteiger partial charge in [0.05, 0.1) is 11.8 Å². The van der Waals surface area contributed by atoms with Crippen molar-refractivity contribution in [3.05, 3.63) is 0 Å². The van der Waals surface area contributed by atoms with E-state index < -0.39 is 5.97 Å². The summed E-state index contributed by atoms with van der Waals surface area (Å²) in [5.41, 5.74) is -0.209. The molecule has 1 saturated carbocycles. The van der Waals surface area contributed by atoms with Crippen LogP contribution in [-0.2, 0) is 9.63 Å². The highest BCUT2D eigenvalue weighted by Crippen LogP contribution is 2.57. The van der Waals surface area contributed by atoms with Crippen molar-refractivity contribution < 1.29 is 14.7 Å². The molecule has 5 heteroatoms. The van der Waals surface area contributed by atoms with Crippen molar-refractivity contribution in [2.24, 2.45) is 22.4 Å². The molecule has 0 spiro atoms. The average Bonchev–Trinajstić information content (AvgIpc) is 2.62. The van der Waals surface area contributed by atoms with E-state index in [-0.39, 0.29) is 17.3 Å². The van der Waals surface area contributed by atoms with E-state index in [9.17, 15) is 4.79 Å². The molecule has 2 atom stereocenters. The van der Waals surface area contributed by atoms with Crippen molar-refractivity contribution in [2.45, 2.75) is 13.8 Å². The van der Waals surface area contributed by atoms with Gasteiger partial charge in [-0.05, 0) is 5.41 Å². The molecule has 0 saturated heterocycles. The van der Waals surface area contributed by atoms with Crippen LogP contribution in [0.2, 0.25) is 0 Å². The molecule has 4 nitrogen and oxygen atoms in total. The Morgan fingerprint density at radius 3 is 2.79 bits per heavy atom. The van der Waals surface area contributed by atoms with Crippen molar-refractivity contribution in [1.82, 2.24) is 0 Å². The van der Waals surface area contributed by atoms with Gasteiger partial charge in [0, 0.05) is 12.1 Å². The lowest BCUT2D eigenvalue weighted by atomic mass is 10.1. The van der Waals surface area contributed by atoms with Gasteiger partial charge in [-0.2, -0.15) is 0 Å². The molecule has 80 valence electrons. The van der Waals surface area contributed by atoms with Gasteiger partial charge in [-0.1, -0.05) is 19.0 Å². The number of aliphatic carboxylic acids is 1. The minimum absolute atomic E-state index is 0.0321. The van der Waals surface area contributed by atoms with Gasteiger partial charge in [0.2, 0.25) is 0 Å². The van der Waals surface area contributed by atoms with Gasteiger partial charge >= 0.3 is 5.97 Å². The summed E-state index contributed by atoms with van der Waals surface area (Å²) in [5.74, 6) is -0.765. The van der Waals surface area contributed by atoms with Crippen LogP contribution in [0, 0.1) is 17.3 Å². The van der Waals surface area contributed by atoms with Crippen LogP contribution in [0.3, 0.4) is 0 Å². The van der Waals surface area contributed by atoms with E-state index in [1.165, 1.54) is 0 Å². The second-order valence-corrected chi connectivity index (χ2v) is 4.32. The number of halogens is 1. The summed E-state index contributed by atoms with van der Waals surface area (Å²) in [6.45, 7) is 4.16. The highest BCUT2D eigenvalue weighted by molar-refractivity contribution is 6.17. The van der Waals surface area contributed by atoms with E-state index in [1.54, 1.807) is 6.21 Å². The van der Waals surface area contributed by atoms with Crippen LogP contribution in [0.1, 0.15) is 13.8 Å². The predicted molar refractivity (Wildman–Crippen MR) is 53.6 cm³/mol. The maximum absolute atomic E-state index is 10.8. The fraction of sp³-hybridized carbons (Fsp3) is 0.778. The molecule has 1 fully saturated rings. The Bertz CT molecular complexity index is 252. The molecule has 1 rings (SSSR count). The fourth-order valence-electron chi connectivity index (χ4n) is 1.62. The molecule has 0 aromatic carbocycles. The van der Waals surface area contributed by atoms with Crippen molar-refractivity contribution in [2.75, 3.05) is 12.5 Å². The smallest absolute Gasteiger partial charge is 0.307 e. The molecule has 1 aliphatic rings. The molecule has 1 unspecified atom stereocenters. The topological polar surface area (TPSA) is 58.9 Å². The molecular formula is C9H14ClNO3. The Kier molecular flexibility index (Phi) is 3.37. The third kappa shape index (κ3) is 2.18. The summed E-state index contributed by atoms with van der Waals surface area (Å²) in [7, 11) is 0. The Hall–Kier alpha value is -0.770. The first-order chi connectivity index (χ1) is 6.51. The van der Waals surface area contributed by atoms with Gasteiger partial charge in [0.1, 0.15) is 6.61 Å². The van der Waals surface area contributed by atoms with E-state index >= 15 is 0 Å². The number of carboxylic acid groups (broad SMARTS) is 1. The SMILES string of the molecule is CC1(C)C(C=NOCCCl)[C@H]1C(=O)O. The van der Waals surface area contributed by atoms with Crippen LogP contribution in [0.15, 0.2) is 5.16 Å². The molecule has 0 aliphatic heterocycles. The maximum atomic E-state index is 10.8. The second-order valence-electron chi connectivity index (χ2n) is 3.94. The number of alkyl halides is 1. The van der Waals surface area contributed by atoms with Gasteiger partial charge < -0.3 is 9.94 Å². The monoisotopic (exact) mass is 219 g/mol. The molecule has 1 aliphatic carbocycles. The van der Waals surface area contributed by atoms with E-state index in [0.29, 0.717) is 12.5 Å². The Morgan fingerprint density at radius 2 is 2.36 bits per heavy atom. The summed E-state index contributed by atoms with van der Waals surface area (Å²) in [6, 6.07) is 0. The predicted octanol–water partition coefficient (Wildman–Crippen LogP) is 1.58. The number of carbonyl (C=O) groups is 1. The van der Waals surface area contributed by atoms with E-state index in [0.717, 1.165) is 0 Å². The number of nitrogens with zero attached hydrogens (tertiary/aromatic N) is 1. The summed E-state index contributed by atoms with van der Waals surface area (Å²) >= 11 is 5.37. The number of hydrogen-bond donors (Lipinski definition) is 1. The van der Waals surface area contributed by atoms with Gasteiger partial charge in [-0.15, -0.1) is 11.6 Å². The lowest BCUT2D eigenvalue weighted by Crippen LogP contribution is -2.03. The minimum Gasteiger partial charge on any atom is -0.481 e. The quantitative estimate of drug-likeness (QED) is 0.331. The minimum atomic E-state index is -0.774. The first-order valence-electron chi connectivity index (χ1n) is 4.46. The molecule has 0 radical (unpaired) electrons. The molecule has 0 heterocycles. The van der Waals surface area contributed by atoms with Crippen LogP contribution < -0.4 is 0 Å². The van der Waals surface area contributed by atoms with Gasteiger partial charge in [-0.3, -0.25) is 4.79 Å². The second kappa shape index (κ2) is 4.17. The van der Waals surface area contributed by atoms with E-state index in [1.807, 2.05) is 13.8 Å². The van der Waals surface area contributed by atoms with Gasteiger partial charge in [0.25, 0.3) is 0 Å². The number of hydrogen-bond acceptors (Lipinski definition) is 3. The third-order valence-electron chi connectivity index (χ3n) is 2.64. The molecular weight excluding hydrogens is 206 g/mol. The summed E-state index contributed by atoms with van der Waals surface area (Å²) in [4.78, 5) is 15.6. The normalized spacial score (nSPS) is 29.1. The van der Waals surface area contributed by atoms with E-state index in [2.05, 4.69) is 5.16 Å². The average molecular weight is 220 g/mol. The molecule has 0 aromatic heterocycles. The number of carboxylic acids is 1. The standard InChI is InChI=1S/C9H14ClNO3/c1-9(2)6(7(9)8(12)13)5-11-14-4-3-10/h5-7H,3-4H2,1-2H3,(H,12,13)/t6?,7-/m0/s1.